The first kappa shape index (κ1) is 21.4. The topological polar surface area (TPSA) is 79.5 Å². The third kappa shape index (κ3) is 6.61. The quantitative estimate of drug-likeness (QED) is 0.638. The normalized spacial score (nSPS) is 15.3. The Hall–Kier alpha value is -1.95. The van der Waals surface area contributed by atoms with Crippen LogP contribution >= 0.6 is 0 Å². The van der Waals surface area contributed by atoms with Crippen LogP contribution in [-0.4, -0.2) is 59.3 Å². The summed E-state index contributed by atoms with van der Waals surface area (Å²) in [5.41, 5.74) is 6.69. The van der Waals surface area contributed by atoms with E-state index in [2.05, 4.69) is 28.6 Å². The van der Waals surface area contributed by atoms with E-state index in [-0.39, 0.29) is 5.92 Å². The number of piperazine rings is 1. The highest BCUT2D eigenvalue weighted by molar-refractivity contribution is 5.92. The van der Waals surface area contributed by atoms with Crippen molar-refractivity contribution in [2.75, 3.05) is 32.7 Å². The number of carbonyl (C=O) groups excluding carboxylic acids is 2. The van der Waals surface area contributed by atoms with E-state index < -0.39 is 5.91 Å². The predicted molar refractivity (Wildman–Crippen MR) is 107 cm³/mol. The lowest BCUT2D eigenvalue weighted by Gasteiger charge is -2.36. The van der Waals surface area contributed by atoms with E-state index in [0.717, 1.165) is 70.5 Å². The number of hydrogen-bond donors (Lipinski definition) is 1. The third-order valence-electron chi connectivity index (χ3n) is 5.54. The molecule has 1 aromatic rings. The zero-order chi connectivity index (χ0) is 19.6. The number of aryl methyl sites for hydroxylation is 1. The number of nitrogens with two attached hydrogens (primary N) is 1. The van der Waals surface area contributed by atoms with Gasteiger partial charge in [-0.25, -0.2) is 0 Å². The lowest BCUT2D eigenvalue weighted by atomic mass is 10.0. The Morgan fingerprint density at radius 1 is 1.07 bits per heavy atom. The largest absolute Gasteiger partial charge is 0.366 e. The van der Waals surface area contributed by atoms with Crippen LogP contribution in [0.4, 0.5) is 0 Å². The molecule has 1 aliphatic rings. The number of primary amides is 1. The van der Waals surface area contributed by atoms with Gasteiger partial charge in [0.25, 0.3) is 0 Å². The van der Waals surface area contributed by atoms with Crippen LogP contribution in [0.2, 0.25) is 0 Å². The van der Waals surface area contributed by atoms with Gasteiger partial charge in [-0.3, -0.25) is 19.5 Å². The standard InChI is InChI=1S/C21H34N4O2/c1-3-17(4-2)21(27)25-14-12-24(13-15-25)11-7-5-6-8-19-10-9-18(16-23-19)20(22)26/h9-10,16-17H,3-8,11-15H2,1-2H3,(H2,22,26). The molecule has 0 atom stereocenters. The average molecular weight is 375 g/mol. The third-order valence-corrected chi connectivity index (χ3v) is 5.54. The summed E-state index contributed by atoms with van der Waals surface area (Å²) in [6, 6.07) is 3.63. The van der Waals surface area contributed by atoms with Crippen molar-refractivity contribution < 1.29 is 9.59 Å². The molecule has 2 N–H and O–H groups in total. The smallest absolute Gasteiger partial charge is 0.250 e. The van der Waals surface area contributed by atoms with E-state index in [4.69, 9.17) is 5.73 Å². The molecular formula is C21H34N4O2. The van der Waals surface area contributed by atoms with Gasteiger partial charge in [0.05, 0.1) is 5.56 Å². The summed E-state index contributed by atoms with van der Waals surface area (Å²) in [7, 11) is 0. The van der Waals surface area contributed by atoms with Gasteiger partial charge in [-0.1, -0.05) is 20.3 Å². The van der Waals surface area contributed by atoms with E-state index >= 15 is 0 Å². The van der Waals surface area contributed by atoms with Crippen molar-refractivity contribution in [3.05, 3.63) is 29.6 Å². The Bertz CT molecular complexity index is 591. The Balaban J connectivity index is 1.59. The van der Waals surface area contributed by atoms with Gasteiger partial charge in [-0.2, -0.15) is 0 Å². The molecule has 0 radical (unpaired) electrons. The van der Waals surface area contributed by atoms with Crippen molar-refractivity contribution >= 4 is 11.8 Å². The SMILES string of the molecule is CCC(CC)C(=O)N1CCN(CCCCCc2ccc(C(N)=O)cn2)CC1. The monoisotopic (exact) mass is 374 g/mol. The zero-order valence-corrected chi connectivity index (χ0v) is 16.8. The Morgan fingerprint density at radius 3 is 2.33 bits per heavy atom. The maximum atomic E-state index is 12.4. The van der Waals surface area contributed by atoms with Crippen molar-refractivity contribution in [3.63, 3.8) is 0 Å². The van der Waals surface area contributed by atoms with Gasteiger partial charge in [-0.15, -0.1) is 0 Å². The number of nitrogens with zero attached hydrogens (tertiary/aromatic N) is 3. The maximum Gasteiger partial charge on any atom is 0.250 e. The summed E-state index contributed by atoms with van der Waals surface area (Å²) < 4.78 is 0. The number of rotatable bonds is 10. The summed E-state index contributed by atoms with van der Waals surface area (Å²) in [5.74, 6) is 0.104. The second-order valence-electron chi connectivity index (χ2n) is 7.39. The van der Waals surface area contributed by atoms with E-state index in [1.165, 1.54) is 6.42 Å². The Kier molecular flexibility index (Phi) is 8.72. The molecule has 0 bridgehead atoms. The molecule has 2 amide bonds. The van der Waals surface area contributed by atoms with Crippen LogP contribution in [0.3, 0.4) is 0 Å². The fourth-order valence-electron chi connectivity index (χ4n) is 3.62. The first-order valence-electron chi connectivity index (χ1n) is 10.3. The average Bonchev–Trinajstić information content (AvgIpc) is 2.69. The summed E-state index contributed by atoms with van der Waals surface area (Å²) in [5, 5.41) is 0. The number of carbonyl (C=O) groups is 2. The van der Waals surface area contributed by atoms with Crippen molar-refractivity contribution in [2.45, 2.75) is 52.4 Å². The van der Waals surface area contributed by atoms with Crippen molar-refractivity contribution in [1.29, 1.82) is 0 Å². The Morgan fingerprint density at radius 2 is 1.78 bits per heavy atom. The molecule has 1 saturated heterocycles. The molecule has 27 heavy (non-hydrogen) atoms. The molecule has 0 saturated carbocycles. The van der Waals surface area contributed by atoms with Crippen molar-refractivity contribution in [2.24, 2.45) is 11.7 Å². The zero-order valence-electron chi connectivity index (χ0n) is 16.8. The second kappa shape index (κ2) is 11.0. The highest BCUT2D eigenvalue weighted by Gasteiger charge is 2.25. The molecule has 150 valence electrons. The van der Waals surface area contributed by atoms with Crippen molar-refractivity contribution in [3.8, 4) is 0 Å². The number of aromatic nitrogens is 1. The first-order chi connectivity index (χ1) is 13.0. The summed E-state index contributed by atoms with van der Waals surface area (Å²) in [4.78, 5) is 32.3. The molecule has 0 aliphatic carbocycles. The van der Waals surface area contributed by atoms with E-state index in [1.807, 2.05) is 6.07 Å². The molecule has 2 rings (SSSR count). The highest BCUT2D eigenvalue weighted by Crippen LogP contribution is 2.14. The molecule has 6 nitrogen and oxygen atoms in total. The number of unbranched alkanes of at least 4 members (excludes halogenated alkanes) is 2. The fourth-order valence-corrected chi connectivity index (χ4v) is 3.62. The van der Waals surface area contributed by atoms with Crippen LogP contribution in [0.1, 0.15) is 62.0 Å². The molecule has 1 aromatic heterocycles. The van der Waals surface area contributed by atoms with Crippen LogP contribution in [0.25, 0.3) is 0 Å². The van der Waals surface area contributed by atoms with Gasteiger partial charge < -0.3 is 10.6 Å². The lowest BCUT2D eigenvalue weighted by molar-refractivity contribution is -0.137. The first-order valence-corrected chi connectivity index (χ1v) is 10.3. The molecule has 1 aliphatic heterocycles. The highest BCUT2D eigenvalue weighted by atomic mass is 16.2. The minimum Gasteiger partial charge on any atom is -0.366 e. The van der Waals surface area contributed by atoms with Gasteiger partial charge in [0, 0.05) is 44.0 Å². The summed E-state index contributed by atoms with van der Waals surface area (Å²) >= 11 is 0. The van der Waals surface area contributed by atoms with Gasteiger partial charge in [-0.05, 0) is 50.8 Å². The molecular weight excluding hydrogens is 340 g/mol. The van der Waals surface area contributed by atoms with Crippen molar-refractivity contribution in [1.82, 2.24) is 14.8 Å². The molecule has 1 fully saturated rings. The maximum absolute atomic E-state index is 12.4. The molecule has 2 heterocycles. The summed E-state index contributed by atoms with van der Waals surface area (Å²) in [6.45, 7) is 9.01. The summed E-state index contributed by atoms with van der Waals surface area (Å²) in [6.07, 6.45) is 7.78. The van der Waals surface area contributed by atoms with Gasteiger partial charge in [0.2, 0.25) is 11.8 Å². The van der Waals surface area contributed by atoms with Crippen LogP contribution in [0.15, 0.2) is 18.3 Å². The molecule has 0 spiro atoms. The lowest BCUT2D eigenvalue weighted by Crippen LogP contribution is -2.50. The number of amides is 2. The molecule has 0 aromatic carbocycles. The minimum atomic E-state index is -0.434. The fraction of sp³-hybridized carbons (Fsp3) is 0.667. The van der Waals surface area contributed by atoms with Crippen LogP contribution < -0.4 is 5.73 Å². The predicted octanol–water partition coefficient (Wildman–Crippen LogP) is 2.47. The van der Waals surface area contributed by atoms with E-state index in [9.17, 15) is 9.59 Å². The van der Waals surface area contributed by atoms with Gasteiger partial charge >= 0.3 is 0 Å². The number of hydrogen-bond acceptors (Lipinski definition) is 4. The van der Waals surface area contributed by atoms with Crippen LogP contribution in [0.5, 0.6) is 0 Å². The number of pyridine rings is 1. The van der Waals surface area contributed by atoms with Gasteiger partial charge in [0.1, 0.15) is 0 Å². The Labute approximate surface area is 163 Å². The second-order valence-corrected chi connectivity index (χ2v) is 7.39. The van der Waals surface area contributed by atoms with E-state index in [0.29, 0.717) is 11.5 Å². The molecule has 0 unspecified atom stereocenters. The van der Waals surface area contributed by atoms with E-state index in [1.54, 1.807) is 12.3 Å². The molecule has 6 heteroatoms. The van der Waals surface area contributed by atoms with Gasteiger partial charge in [0.15, 0.2) is 0 Å². The van der Waals surface area contributed by atoms with Crippen LogP contribution in [0, 0.1) is 5.92 Å². The minimum absolute atomic E-state index is 0.196. The van der Waals surface area contributed by atoms with Crippen LogP contribution in [-0.2, 0) is 11.2 Å².